The van der Waals surface area contributed by atoms with Crippen molar-refractivity contribution < 1.29 is 4.74 Å². The smallest absolute Gasteiger partial charge is 0.176 e. The summed E-state index contributed by atoms with van der Waals surface area (Å²) in [4.78, 5) is 4.51. The molecule has 28 heavy (non-hydrogen) atoms. The van der Waals surface area contributed by atoms with E-state index in [1.807, 2.05) is 30.3 Å². The monoisotopic (exact) mass is 414 g/mol. The van der Waals surface area contributed by atoms with Gasteiger partial charge in [0.15, 0.2) is 10.2 Å². The Morgan fingerprint density at radius 1 is 1.04 bits per heavy atom. The average molecular weight is 415 g/mol. The van der Waals surface area contributed by atoms with Crippen LogP contribution in [0.4, 0.5) is 11.4 Å². The summed E-state index contributed by atoms with van der Waals surface area (Å²) in [5.41, 5.74) is 7.52. The number of hydrogen-bond donors (Lipinski definition) is 2. The van der Waals surface area contributed by atoms with Crippen LogP contribution in [0.2, 0.25) is 0 Å². The molecule has 1 aliphatic heterocycles. The molecule has 148 valence electrons. The Balaban J connectivity index is 1.33. The van der Waals surface area contributed by atoms with E-state index in [4.69, 9.17) is 34.9 Å². The first-order valence-electron chi connectivity index (χ1n) is 9.54. The fourth-order valence-corrected chi connectivity index (χ4v) is 3.71. The Morgan fingerprint density at radius 3 is 2.64 bits per heavy atom. The first-order valence-corrected chi connectivity index (χ1v) is 10.4. The molecule has 0 amide bonds. The Kier molecular flexibility index (Phi) is 7.45. The first-order chi connectivity index (χ1) is 13.6. The second kappa shape index (κ2) is 10.2. The van der Waals surface area contributed by atoms with Gasteiger partial charge in [-0.2, -0.15) is 0 Å². The Hall–Kier alpha value is -2.38. The second-order valence-corrected chi connectivity index (χ2v) is 7.49. The summed E-state index contributed by atoms with van der Waals surface area (Å²) in [6, 6.07) is 18.0. The van der Waals surface area contributed by atoms with Gasteiger partial charge in [0.25, 0.3) is 0 Å². The summed E-state index contributed by atoms with van der Waals surface area (Å²) in [5, 5.41) is 4.10. The summed E-state index contributed by atoms with van der Waals surface area (Å²) in [7, 11) is 0. The highest BCUT2D eigenvalue weighted by atomic mass is 32.1. The van der Waals surface area contributed by atoms with Crippen molar-refractivity contribution in [1.29, 1.82) is 0 Å². The van der Waals surface area contributed by atoms with Crippen molar-refractivity contribution in [3.05, 3.63) is 54.6 Å². The topological polar surface area (TPSA) is 53.8 Å². The van der Waals surface area contributed by atoms with Crippen molar-refractivity contribution in [3.63, 3.8) is 0 Å². The fraction of sp³-hybridized carbons (Fsp3) is 0.333. The second-order valence-electron chi connectivity index (χ2n) is 6.68. The first kappa shape index (κ1) is 20.4. The van der Waals surface area contributed by atoms with Gasteiger partial charge >= 0.3 is 0 Å². The van der Waals surface area contributed by atoms with Crippen molar-refractivity contribution in [2.75, 3.05) is 36.5 Å². The van der Waals surface area contributed by atoms with Gasteiger partial charge in [0, 0.05) is 37.1 Å². The lowest BCUT2D eigenvalue weighted by Gasteiger charge is -2.22. The number of para-hydroxylation sites is 1. The molecule has 0 unspecified atom stereocenters. The van der Waals surface area contributed by atoms with Gasteiger partial charge in [-0.15, -0.1) is 0 Å². The van der Waals surface area contributed by atoms with Gasteiger partial charge in [0.2, 0.25) is 0 Å². The molecule has 1 fully saturated rings. The van der Waals surface area contributed by atoms with E-state index in [1.165, 1.54) is 5.69 Å². The summed E-state index contributed by atoms with van der Waals surface area (Å²) >= 11 is 10.5. The van der Waals surface area contributed by atoms with E-state index in [9.17, 15) is 0 Å². The van der Waals surface area contributed by atoms with Crippen molar-refractivity contribution in [3.8, 4) is 5.75 Å². The van der Waals surface area contributed by atoms with Crippen LogP contribution in [0.25, 0.3) is 0 Å². The summed E-state index contributed by atoms with van der Waals surface area (Å²) in [5.74, 6) is 0.820. The van der Waals surface area contributed by atoms with E-state index in [1.54, 1.807) is 0 Å². The third kappa shape index (κ3) is 5.81. The lowest BCUT2D eigenvalue weighted by atomic mass is 10.2. The Labute approximate surface area is 177 Å². The van der Waals surface area contributed by atoms with Crippen molar-refractivity contribution >= 4 is 46.0 Å². The molecule has 1 aliphatic rings. The average Bonchev–Trinajstić information content (AvgIpc) is 3.05. The van der Waals surface area contributed by atoms with E-state index in [0.717, 1.165) is 55.4 Å². The van der Waals surface area contributed by atoms with Crippen LogP contribution < -0.4 is 20.7 Å². The molecule has 3 rings (SSSR count). The van der Waals surface area contributed by atoms with E-state index >= 15 is 0 Å². The zero-order valence-corrected chi connectivity index (χ0v) is 17.5. The molecule has 2 aromatic rings. The van der Waals surface area contributed by atoms with Gasteiger partial charge in [0.05, 0.1) is 6.61 Å². The molecule has 1 heterocycles. The minimum absolute atomic E-state index is 0.253. The minimum Gasteiger partial charge on any atom is -0.494 e. The number of thiocarbonyl (C=S) groups is 2. The summed E-state index contributed by atoms with van der Waals surface area (Å²) < 4.78 is 5.82. The van der Waals surface area contributed by atoms with Gasteiger partial charge in [0.1, 0.15) is 5.75 Å². The number of nitrogens with zero attached hydrogens (tertiary/aromatic N) is 2. The van der Waals surface area contributed by atoms with E-state index in [2.05, 4.69) is 39.4 Å². The van der Waals surface area contributed by atoms with Crippen LogP contribution in [0.1, 0.15) is 19.3 Å². The van der Waals surface area contributed by atoms with E-state index < -0.39 is 0 Å². The van der Waals surface area contributed by atoms with Crippen LogP contribution in [0.15, 0.2) is 54.6 Å². The Morgan fingerprint density at radius 2 is 1.86 bits per heavy atom. The van der Waals surface area contributed by atoms with Gasteiger partial charge in [-0.3, -0.25) is 0 Å². The number of ether oxygens (including phenoxy) is 1. The molecule has 0 aromatic heterocycles. The lowest BCUT2D eigenvalue weighted by Crippen LogP contribution is -2.32. The zero-order valence-electron chi connectivity index (χ0n) is 15.8. The largest absolute Gasteiger partial charge is 0.494 e. The molecule has 2 aromatic carbocycles. The van der Waals surface area contributed by atoms with Crippen LogP contribution in [0.5, 0.6) is 5.75 Å². The summed E-state index contributed by atoms with van der Waals surface area (Å²) in [6.45, 7) is 3.64. The molecule has 0 spiro atoms. The molecular weight excluding hydrogens is 388 g/mol. The predicted molar refractivity (Wildman–Crippen MR) is 124 cm³/mol. The van der Waals surface area contributed by atoms with Gasteiger partial charge in [-0.1, -0.05) is 24.3 Å². The highest BCUT2D eigenvalue weighted by Crippen LogP contribution is 2.21. The van der Waals surface area contributed by atoms with E-state index in [-0.39, 0.29) is 5.11 Å². The minimum atomic E-state index is 0.253. The lowest BCUT2D eigenvalue weighted by molar-refractivity contribution is 0.302. The molecule has 0 atom stereocenters. The maximum absolute atomic E-state index is 5.82. The molecule has 0 bridgehead atoms. The molecule has 1 saturated heterocycles. The highest BCUT2D eigenvalue weighted by molar-refractivity contribution is 7.80. The standard InChI is InChI=1S/C21H26N4OS2/c22-20(27)23-17-8-7-11-19(16-17)26-15-6-2-5-12-24-13-14-25(21(24)28)18-9-3-1-4-10-18/h1,3-4,7-11,16H,2,5-6,12-15H2,(H3,22,23,27). The number of anilines is 2. The quantitative estimate of drug-likeness (QED) is 0.475. The highest BCUT2D eigenvalue weighted by Gasteiger charge is 2.25. The van der Waals surface area contributed by atoms with Crippen LogP contribution in [0.3, 0.4) is 0 Å². The van der Waals surface area contributed by atoms with Gasteiger partial charge < -0.3 is 25.6 Å². The summed E-state index contributed by atoms with van der Waals surface area (Å²) in [6.07, 6.45) is 3.22. The SMILES string of the molecule is NC(=S)Nc1cccc(OCCCCCN2CCN(c3ccccc3)C2=S)c1. The van der Waals surface area contributed by atoms with Gasteiger partial charge in [-0.25, -0.2) is 0 Å². The predicted octanol–water partition coefficient (Wildman–Crippen LogP) is 4.00. The Bertz CT molecular complexity index is 800. The molecule has 0 radical (unpaired) electrons. The molecular formula is C21H26N4OS2. The maximum atomic E-state index is 5.82. The number of unbranched alkanes of at least 4 members (excludes halogenated alkanes) is 2. The number of hydrogen-bond acceptors (Lipinski definition) is 3. The van der Waals surface area contributed by atoms with Crippen LogP contribution in [-0.4, -0.2) is 41.4 Å². The third-order valence-electron chi connectivity index (χ3n) is 4.61. The van der Waals surface area contributed by atoms with Crippen molar-refractivity contribution in [1.82, 2.24) is 4.90 Å². The zero-order chi connectivity index (χ0) is 19.8. The molecule has 7 heteroatoms. The van der Waals surface area contributed by atoms with Crippen LogP contribution >= 0.6 is 24.4 Å². The number of nitrogens with two attached hydrogens (primary N) is 1. The third-order valence-corrected chi connectivity index (χ3v) is 5.19. The fourth-order valence-electron chi connectivity index (χ4n) is 3.22. The van der Waals surface area contributed by atoms with Crippen LogP contribution in [0, 0.1) is 0 Å². The van der Waals surface area contributed by atoms with Crippen LogP contribution in [-0.2, 0) is 0 Å². The molecule has 5 nitrogen and oxygen atoms in total. The molecule has 0 aliphatic carbocycles. The molecule has 0 saturated carbocycles. The number of benzene rings is 2. The van der Waals surface area contributed by atoms with Gasteiger partial charge in [-0.05, 0) is 68.0 Å². The number of rotatable bonds is 9. The number of nitrogens with one attached hydrogen (secondary N) is 1. The van der Waals surface area contributed by atoms with Crippen molar-refractivity contribution in [2.24, 2.45) is 5.73 Å². The maximum Gasteiger partial charge on any atom is 0.176 e. The van der Waals surface area contributed by atoms with E-state index in [0.29, 0.717) is 6.61 Å². The normalized spacial score (nSPS) is 13.6. The molecule has 3 N–H and O–H groups in total. The van der Waals surface area contributed by atoms with Crippen molar-refractivity contribution in [2.45, 2.75) is 19.3 Å².